The Balaban J connectivity index is 2.64. The molecule has 2 heteroatoms. The summed E-state index contributed by atoms with van der Waals surface area (Å²) in [5.74, 6) is 2.38. The lowest BCUT2D eigenvalue weighted by molar-refractivity contribution is 0.114. The fourth-order valence-electron chi connectivity index (χ4n) is 3.44. The molecule has 1 fully saturated rings. The average Bonchev–Trinajstić information content (AvgIpc) is 2.32. The van der Waals surface area contributed by atoms with Crippen LogP contribution in [-0.2, 0) is 0 Å². The van der Waals surface area contributed by atoms with Crippen molar-refractivity contribution in [2.24, 2.45) is 17.8 Å². The third kappa shape index (κ3) is 4.25. The van der Waals surface area contributed by atoms with Gasteiger partial charge in [0.25, 0.3) is 0 Å². The average molecular weight is 250 g/mol. The lowest BCUT2D eigenvalue weighted by atomic mass is 9.72. The highest BCUT2D eigenvalue weighted by Crippen LogP contribution is 2.34. The minimum absolute atomic E-state index is 0.654. The maximum Gasteiger partial charge on any atom is 0.0164 e. The van der Waals surface area contributed by atoms with Crippen LogP contribution < -0.4 is 5.32 Å². The Bertz CT molecular complexity index is 252. The first-order valence-electron chi connectivity index (χ1n) is 7.23. The second kappa shape index (κ2) is 7.75. The van der Waals surface area contributed by atoms with Gasteiger partial charge in [0.05, 0.1) is 0 Å². The van der Waals surface area contributed by atoms with E-state index in [0.717, 1.165) is 37.4 Å². The van der Waals surface area contributed by atoms with Crippen LogP contribution >= 0.6 is 0 Å². The normalized spacial score (nSPS) is 32.4. The van der Waals surface area contributed by atoms with Crippen molar-refractivity contribution >= 4 is 0 Å². The number of nitrogens with zero attached hydrogens (tertiary/aromatic N) is 1. The SMILES string of the molecule is C=CCN(CC=C)CC1C(C)CC(C)CC1NC. The fraction of sp³-hybridized carbons (Fsp3) is 0.750. The fourth-order valence-corrected chi connectivity index (χ4v) is 3.44. The van der Waals surface area contributed by atoms with Crippen LogP contribution in [0.25, 0.3) is 0 Å². The molecule has 0 saturated heterocycles. The minimum atomic E-state index is 0.654. The van der Waals surface area contributed by atoms with E-state index in [9.17, 15) is 0 Å². The largest absolute Gasteiger partial charge is 0.317 e. The van der Waals surface area contributed by atoms with Crippen molar-refractivity contribution in [3.05, 3.63) is 25.3 Å². The Morgan fingerprint density at radius 3 is 2.28 bits per heavy atom. The summed E-state index contributed by atoms with van der Waals surface area (Å²) in [5.41, 5.74) is 0. The standard InChI is InChI=1S/C16H30N2/c1-6-8-18(9-7-2)12-15-14(4)10-13(3)11-16(15)17-5/h6-7,13-17H,1-2,8-12H2,3-5H3. The molecule has 0 amide bonds. The van der Waals surface area contributed by atoms with Crippen molar-refractivity contribution in [3.8, 4) is 0 Å². The lowest BCUT2D eigenvalue weighted by Crippen LogP contribution is -2.48. The van der Waals surface area contributed by atoms with Crippen LogP contribution in [0, 0.1) is 17.8 Å². The van der Waals surface area contributed by atoms with Gasteiger partial charge >= 0.3 is 0 Å². The zero-order chi connectivity index (χ0) is 13.5. The highest BCUT2D eigenvalue weighted by Gasteiger charge is 2.33. The van der Waals surface area contributed by atoms with Gasteiger partial charge in [0.1, 0.15) is 0 Å². The van der Waals surface area contributed by atoms with E-state index in [2.05, 4.69) is 44.3 Å². The molecule has 0 heterocycles. The molecule has 1 saturated carbocycles. The number of hydrogen-bond acceptors (Lipinski definition) is 2. The third-order valence-electron chi connectivity index (χ3n) is 4.29. The van der Waals surface area contributed by atoms with Crippen molar-refractivity contribution < 1.29 is 0 Å². The molecule has 104 valence electrons. The number of rotatable bonds is 7. The first kappa shape index (κ1) is 15.5. The predicted octanol–water partition coefficient (Wildman–Crippen LogP) is 2.93. The zero-order valence-electron chi connectivity index (χ0n) is 12.4. The Hall–Kier alpha value is -0.600. The molecule has 2 nitrogen and oxygen atoms in total. The van der Waals surface area contributed by atoms with Gasteiger partial charge in [0.2, 0.25) is 0 Å². The molecule has 1 rings (SSSR count). The van der Waals surface area contributed by atoms with Gasteiger partial charge in [-0.1, -0.05) is 26.0 Å². The number of hydrogen-bond donors (Lipinski definition) is 1. The molecule has 0 bridgehead atoms. The highest BCUT2D eigenvalue weighted by atomic mass is 15.1. The summed E-state index contributed by atoms with van der Waals surface area (Å²) >= 11 is 0. The van der Waals surface area contributed by atoms with Gasteiger partial charge in [-0.3, -0.25) is 4.90 Å². The van der Waals surface area contributed by atoms with Gasteiger partial charge in [0.15, 0.2) is 0 Å². The van der Waals surface area contributed by atoms with E-state index in [1.165, 1.54) is 12.8 Å². The topological polar surface area (TPSA) is 15.3 Å². The third-order valence-corrected chi connectivity index (χ3v) is 4.29. The first-order valence-corrected chi connectivity index (χ1v) is 7.23. The van der Waals surface area contributed by atoms with Crippen LogP contribution in [0.2, 0.25) is 0 Å². The first-order chi connectivity index (χ1) is 8.62. The molecule has 1 aliphatic carbocycles. The summed E-state index contributed by atoms with van der Waals surface area (Å²) < 4.78 is 0. The van der Waals surface area contributed by atoms with E-state index in [0.29, 0.717) is 6.04 Å². The summed E-state index contributed by atoms with van der Waals surface area (Å²) in [7, 11) is 2.10. The second-order valence-electron chi connectivity index (χ2n) is 5.91. The van der Waals surface area contributed by atoms with E-state index < -0.39 is 0 Å². The van der Waals surface area contributed by atoms with Crippen LogP contribution in [0.15, 0.2) is 25.3 Å². The van der Waals surface area contributed by atoms with E-state index in [4.69, 9.17) is 0 Å². The molecule has 4 atom stereocenters. The van der Waals surface area contributed by atoms with E-state index in [-0.39, 0.29) is 0 Å². The maximum absolute atomic E-state index is 3.85. The predicted molar refractivity (Wildman–Crippen MR) is 80.7 cm³/mol. The van der Waals surface area contributed by atoms with Gasteiger partial charge in [-0.05, 0) is 37.6 Å². The quantitative estimate of drug-likeness (QED) is 0.699. The molecule has 0 aromatic carbocycles. The summed E-state index contributed by atoms with van der Waals surface area (Å²) in [5, 5.41) is 3.53. The summed E-state index contributed by atoms with van der Waals surface area (Å²) in [6.07, 6.45) is 6.66. The van der Waals surface area contributed by atoms with Gasteiger partial charge in [-0.2, -0.15) is 0 Å². The smallest absolute Gasteiger partial charge is 0.0164 e. The minimum Gasteiger partial charge on any atom is -0.317 e. The molecule has 18 heavy (non-hydrogen) atoms. The zero-order valence-corrected chi connectivity index (χ0v) is 12.4. The Morgan fingerprint density at radius 2 is 1.78 bits per heavy atom. The maximum atomic E-state index is 3.85. The molecular formula is C16H30N2. The van der Waals surface area contributed by atoms with Crippen LogP contribution in [0.4, 0.5) is 0 Å². The van der Waals surface area contributed by atoms with E-state index >= 15 is 0 Å². The van der Waals surface area contributed by atoms with Crippen molar-refractivity contribution in [1.82, 2.24) is 10.2 Å². The van der Waals surface area contributed by atoms with Gasteiger partial charge in [0, 0.05) is 25.7 Å². The van der Waals surface area contributed by atoms with Crippen molar-refractivity contribution in [2.45, 2.75) is 32.7 Å². The van der Waals surface area contributed by atoms with Crippen LogP contribution in [0.1, 0.15) is 26.7 Å². The highest BCUT2D eigenvalue weighted by molar-refractivity contribution is 4.90. The van der Waals surface area contributed by atoms with Gasteiger partial charge in [-0.25, -0.2) is 0 Å². The molecule has 0 spiro atoms. The van der Waals surface area contributed by atoms with Crippen molar-refractivity contribution in [2.75, 3.05) is 26.7 Å². The molecule has 0 aliphatic heterocycles. The van der Waals surface area contributed by atoms with Crippen LogP contribution in [0.5, 0.6) is 0 Å². The molecule has 4 unspecified atom stereocenters. The van der Waals surface area contributed by atoms with Gasteiger partial charge in [-0.15, -0.1) is 13.2 Å². The van der Waals surface area contributed by atoms with Crippen molar-refractivity contribution in [3.63, 3.8) is 0 Å². The Kier molecular flexibility index (Phi) is 6.66. The lowest BCUT2D eigenvalue weighted by Gasteiger charge is -2.41. The molecule has 0 aromatic heterocycles. The number of nitrogens with one attached hydrogen (secondary N) is 1. The summed E-state index contributed by atoms with van der Waals surface area (Å²) in [4.78, 5) is 2.45. The van der Waals surface area contributed by atoms with Crippen molar-refractivity contribution in [1.29, 1.82) is 0 Å². The van der Waals surface area contributed by atoms with Crippen LogP contribution in [-0.4, -0.2) is 37.6 Å². The van der Waals surface area contributed by atoms with E-state index in [1.807, 2.05) is 12.2 Å². The molecule has 1 N–H and O–H groups in total. The molecule has 0 aromatic rings. The summed E-state index contributed by atoms with van der Waals surface area (Å²) in [6, 6.07) is 0.654. The Labute approximate surface area is 113 Å². The monoisotopic (exact) mass is 250 g/mol. The molecule has 1 aliphatic rings. The van der Waals surface area contributed by atoms with Crippen LogP contribution in [0.3, 0.4) is 0 Å². The molecular weight excluding hydrogens is 220 g/mol. The summed E-state index contributed by atoms with van der Waals surface area (Å²) in [6.45, 7) is 15.6. The van der Waals surface area contributed by atoms with Gasteiger partial charge < -0.3 is 5.32 Å². The second-order valence-corrected chi connectivity index (χ2v) is 5.91. The van der Waals surface area contributed by atoms with E-state index in [1.54, 1.807) is 0 Å². The Morgan fingerprint density at radius 1 is 1.17 bits per heavy atom. The molecule has 0 radical (unpaired) electrons.